The number of hydrogen-bond donors (Lipinski definition) is 4. The fourth-order valence-corrected chi connectivity index (χ4v) is 0.270. The molecule has 84 valence electrons. The van der Waals surface area contributed by atoms with Crippen molar-refractivity contribution in [1.29, 1.82) is 0 Å². The Labute approximate surface area is 81.2 Å². The Bertz CT molecular complexity index is 172. The minimum atomic E-state index is -2.27. The number of carboxylic acids is 2. The van der Waals surface area contributed by atoms with Crippen molar-refractivity contribution in [1.82, 2.24) is 4.90 Å². The highest BCUT2D eigenvalue weighted by molar-refractivity contribution is 5.82. The van der Waals surface area contributed by atoms with E-state index in [9.17, 15) is 9.59 Å². The highest BCUT2D eigenvalue weighted by Gasteiger charge is 2.29. The Kier molecular flexibility index (Phi) is 7.92. The average Bonchev–Trinajstić information content (AvgIpc) is 2.00. The Hall–Kier alpha value is -1.18. The normalized spacial score (nSPS) is 13.9. The zero-order chi connectivity index (χ0) is 11.9. The number of carbonyl (C=O) groups is 2. The molecule has 0 aromatic heterocycles. The van der Waals surface area contributed by atoms with Crippen LogP contribution in [0.25, 0.3) is 0 Å². The summed E-state index contributed by atoms with van der Waals surface area (Å²) >= 11 is 0. The summed E-state index contributed by atoms with van der Waals surface area (Å²) in [4.78, 5) is 21.5. The van der Waals surface area contributed by atoms with Crippen molar-refractivity contribution in [2.24, 2.45) is 0 Å². The first kappa shape index (κ1) is 15.3. The molecule has 0 rings (SSSR count). The van der Waals surface area contributed by atoms with Crippen LogP contribution in [0, 0.1) is 0 Å². The summed E-state index contributed by atoms with van der Waals surface area (Å²) in [7, 11) is 6.00. The van der Waals surface area contributed by atoms with E-state index in [0.29, 0.717) is 0 Å². The van der Waals surface area contributed by atoms with Crippen LogP contribution in [0.15, 0.2) is 0 Å². The summed E-state index contributed by atoms with van der Waals surface area (Å²) in [5.41, 5.74) is 0. The molecule has 0 aromatic carbocycles. The Morgan fingerprint density at radius 3 is 1.14 bits per heavy atom. The molecule has 4 N–H and O–H groups in total. The molecule has 7 heteroatoms. The largest absolute Gasteiger partial charge is 0.479 e. The van der Waals surface area contributed by atoms with Crippen LogP contribution < -0.4 is 0 Å². The molecule has 0 amide bonds. The third kappa shape index (κ3) is 8.91. The Morgan fingerprint density at radius 2 is 1.07 bits per heavy atom. The van der Waals surface area contributed by atoms with Crippen molar-refractivity contribution in [3.63, 3.8) is 0 Å². The third-order valence-corrected chi connectivity index (χ3v) is 0.805. The topological polar surface area (TPSA) is 118 Å². The quantitative estimate of drug-likeness (QED) is 0.426. The van der Waals surface area contributed by atoms with Crippen molar-refractivity contribution in [2.45, 2.75) is 12.2 Å². The van der Waals surface area contributed by atoms with Crippen LogP contribution in [-0.2, 0) is 9.59 Å². The van der Waals surface area contributed by atoms with E-state index in [-0.39, 0.29) is 0 Å². The molecule has 2 atom stereocenters. The molecule has 14 heavy (non-hydrogen) atoms. The van der Waals surface area contributed by atoms with Gasteiger partial charge in [-0.25, -0.2) is 9.59 Å². The molecule has 2 unspecified atom stereocenters. The number of rotatable bonds is 3. The minimum absolute atomic E-state index is 1.77. The van der Waals surface area contributed by atoms with Crippen molar-refractivity contribution in [3.05, 3.63) is 0 Å². The van der Waals surface area contributed by atoms with E-state index < -0.39 is 24.1 Å². The molecular formula is C7H15NO6. The van der Waals surface area contributed by atoms with Gasteiger partial charge < -0.3 is 25.3 Å². The van der Waals surface area contributed by atoms with E-state index in [1.807, 2.05) is 26.0 Å². The van der Waals surface area contributed by atoms with E-state index >= 15 is 0 Å². The maximum Gasteiger partial charge on any atom is 0.335 e. The summed E-state index contributed by atoms with van der Waals surface area (Å²) in [5.74, 6) is -3.54. The lowest BCUT2D eigenvalue weighted by atomic mass is 10.2. The number of aliphatic hydroxyl groups excluding tert-OH is 2. The van der Waals surface area contributed by atoms with Crippen molar-refractivity contribution >= 4 is 11.9 Å². The first-order valence-corrected chi connectivity index (χ1v) is 3.62. The van der Waals surface area contributed by atoms with Crippen LogP contribution in [0.2, 0.25) is 0 Å². The first-order chi connectivity index (χ1) is 6.20. The fraction of sp³-hybridized carbons (Fsp3) is 0.714. The molecule has 0 aromatic rings. The van der Waals surface area contributed by atoms with Gasteiger partial charge in [-0.15, -0.1) is 0 Å². The number of aliphatic hydroxyl groups is 2. The SMILES string of the molecule is CN(C)C.O=C(O)C(O)C(O)C(=O)O. The molecule has 0 fully saturated rings. The monoisotopic (exact) mass is 209 g/mol. The van der Waals surface area contributed by atoms with Crippen LogP contribution in [0.4, 0.5) is 0 Å². The van der Waals surface area contributed by atoms with E-state index in [1.54, 1.807) is 0 Å². The molecule has 0 spiro atoms. The highest BCUT2D eigenvalue weighted by Crippen LogP contribution is 1.92. The molecule has 0 radical (unpaired) electrons. The van der Waals surface area contributed by atoms with Gasteiger partial charge in [0.1, 0.15) is 0 Å². The van der Waals surface area contributed by atoms with Gasteiger partial charge in [0.2, 0.25) is 0 Å². The van der Waals surface area contributed by atoms with E-state index in [4.69, 9.17) is 20.4 Å². The lowest BCUT2D eigenvalue weighted by Gasteiger charge is -2.07. The van der Waals surface area contributed by atoms with Crippen molar-refractivity contribution in [3.8, 4) is 0 Å². The second kappa shape index (κ2) is 7.25. The van der Waals surface area contributed by atoms with Crippen LogP contribution in [0.3, 0.4) is 0 Å². The predicted molar refractivity (Wildman–Crippen MR) is 46.9 cm³/mol. The van der Waals surface area contributed by atoms with Crippen LogP contribution in [0.1, 0.15) is 0 Å². The standard InChI is InChI=1S/C4H6O6.C3H9N/c5-1(3(7)8)2(6)4(9)10;1-4(2)3/h1-2,5-6H,(H,7,8)(H,9,10);1-3H3. The smallest absolute Gasteiger partial charge is 0.335 e. The first-order valence-electron chi connectivity index (χ1n) is 3.62. The molecule has 0 saturated carbocycles. The van der Waals surface area contributed by atoms with Gasteiger partial charge >= 0.3 is 11.9 Å². The lowest BCUT2D eigenvalue weighted by Crippen LogP contribution is -2.39. The van der Waals surface area contributed by atoms with Gasteiger partial charge in [-0.05, 0) is 21.1 Å². The van der Waals surface area contributed by atoms with Gasteiger partial charge in [0, 0.05) is 0 Å². The summed E-state index contributed by atoms with van der Waals surface area (Å²) < 4.78 is 0. The van der Waals surface area contributed by atoms with Gasteiger partial charge in [-0.1, -0.05) is 0 Å². The fourth-order valence-electron chi connectivity index (χ4n) is 0.270. The summed E-state index contributed by atoms with van der Waals surface area (Å²) in [6, 6.07) is 0. The Morgan fingerprint density at radius 1 is 0.929 bits per heavy atom. The molecule has 0 saturated heterocycles. The zero-order valence-electron chi connectivity index (χ0n) is 8.21. The van der Waals surface area contributed by atoms with Crippen LogP contribution in [0.5, 0.6) is 0 Å². The maximum atomic E-state index is 9.77. The minimum Gasteiger partial charge on any atom is -0.479 e. The highest BCUT2D eigenvalue weighted by atomic mass is 16.4. The molecule has 0 aliphatic rings. The predicted octanol–water partition coefficient (Wildman–Crippen LogP) is -1.94. The Balaban J connectivity index is 0. The van der Waals surface area contributed by atoms with E-state index in [1.165, 1.54) is 0 Å². The summed E-state index contributed by atoms with van der Waals surface area (Å²) in [6.45, 7) is 0. The van der Waals surface area contributed by atoms with E-state index in [2.05, 4.69) is 0 Å². The van der Waals surface area contributed by atoms with Gasteiger partial charge in [-0.3, -0.25) is 0 Å². The summed E-state index contributed by atoms with van der Waals surface area (Å²) in [6.07, 6.45) is -4.53. The molecule has 0 aliphatic heterocycles. The van der Waals surface area contributed by atoms with Crippen molar-refractivity contribution in [2.75, 3.05) is 21.1 Å². The molecule has 7 nitrogen and oxygen atoms in total. The number of hydrogen-bond acceptors (Lipinski definition) is 5. The van der Waals surface area contributed by atoms with Gasteiger partial charge in [0.25, 0.3) is 0 Å². The number of aliphatic carboxylic acids is 2. The zero-order valence-corrected chi connectivity index (χ0v) is 8.21. The number of nitrogens with zero attached hydrogens (tertiary/aromatic N) is 1. The van der Waals surface area contributed by atoms with Gasteiger partial charge in [0.05, 0.1) is 0 Å². The maximum absolute atomic E-state index is 9.77. The van der Waals surface area contributed by atoms with Crippen LogP contribution >= 0.6 is 0 Å². The average molecular weight is 209 g/mol. The second-order valence-corrected chi connectivity index (χ2v) is 2.91. The van der Waals surface area contributed by atoms with Gasteiger partial charge in [0.15, 0.2) is 12.2 Å². The third-order valence-electron chi connectivity index (χ3n) is 0.805. The molecule has 0 aliphatic carbocycles. The van der Waals surface area contributed by atoms with Crippen LogP contribution in [-0.4, -0.2) is 70.6 Å². The van der Waals surface area contributed by atoms with E-state index in [0.717, 1.165) is 0 Å². The molecule has 0 heterocycles. The summed E-state index contributed by atoms with van der Waals surface area (Å²) in [5, 5.41) is 32.5. The second-order valence-electron chi connectivity index (χ2n) is 2.91. The molecular weight excluding hydrogens is 194 g/mol. The van der Waals surface area contributed by atoms with Gasteiger partial charge in [-0.2, -0.15) is 0 Å². The lowest BCUT2D eigenvalue weighted by molar-refractivity contribution is -0.165. The molecule has 0 bridgehead atoms. The van der Waals surface area contributed by atoms with Crippen molar-refractivity contribution < 1.29 is 30.0 Å². The number of carboxylic acid groups (broad SMARTS) is 2.